The van der Waals surface area contributed by atoms with Crippen LogP contribution in [0.15, 0.2) is 12.1 Å². The third-order valence-corrected chi connectivity index (χ3v) is 5.71. The summed E-state index contributed by atoms with van der Waals surface area (Å²) in [5.41, 5.74) is 0.495. The molecule has 0 spiro atoms. The fraction of sp³-hybridized carbons (Fsp3) is 0.579. The van der Waals surface area contributed by atoms with E-state index < -0.39 is 0 Å². The van der Waals surface area contributed by atoms with Gasteiger partial charge < -0.3 is 19.3 Å². The molecule has 0 radical (unpaired) electrons. The lowest BCUT2D eigenvalue weighted by molar-refractivity contribution is -0.136. The highest BCUT2D eigenvalue weighted by molar-refractivity contribution is 6.32. The van der Waals surface area contributed by atoms with Crippen LogP contribution in [0.3, 0.4) is 0 Å². The van der Waals surface area contributed by atoms with Gasteiger partial charge in [-0.15, -0.1) is 0 Å². The molecule has 2 aliphatic heterocycles. The maximum Gasteiger partial charge on any atom is 0.254 e. The molecule has 0 aromatic heterocycles. The second-order valence-electron chi connectivity index (χ2n) is 7.08. The van der Waals surface area contributed by atoms with Gasteiger partial charge in [-0.25, -0.2) is 0 Å². The van der Waals surface area contributed by atoms with E-state index in [2.05, 4.69) is 0 Å². The van der Waals surface area contributed by atoms with Gasteiger partial charge in [-0.2, -0.15) is 0 Å². The van der Waals surface area contributed by atoms with E-state index >= 15 is 0 Å². The Labute approximate surface area is 158 Å². The molecule has 2 fully saturated rings. The van der Waals surface area contributed by atoms with Crippen LogP contribution in [-0.4, -0.2) is 61.0 Å². The Bertz CT molecular complexity index is 710. The van der Waals surface area contributed by atoms with Gasteiger partial charge in [0.1, 0.15) is 13.2 Å². The van der Waals surface area contributed by atoms with Crippen molar-refractivity contribution in [3.63, 3.8) is 0 Å². The molecule has 1 aliphatic carbocycles. The summed E-state index contributed by atoms with van der Waals surface area (Å²) in [4.78, 5) is 29.1. The zero-order chi connectivity index (χ0) is 18.1. The van der Waals surface area contributed by atoms with E-state index in [0.717, 1.165) is 25.7 Å². The van der Waals surface area contributed by atoms with E-state index in [1.807, 2.05) is 4.90 Å². The van der Waals surface area contributed by atoms with Gasteiger partial charge in [-0.05, 0) is 25.0 Å². The van der Waals surface area contributed by atoms with Crippen molar-refractivity contribution in [3.05, 3.63) is 22.7 Å². The summed E-state index contributed by atoms with van der Waals surface area (Å²) in [6, 6.07) is 3.33. The minimum Gasteiger partial charge on any atom is -0.486 e. The number of piperazine rings is 1. The molecule has 140 valence electrons. The van der Waals surface area contributed by atoms with Crippen molar-refractivity contribution in [1.82, 2.24) is 9.80 Å². The van der Waals surface area contributed by atoms with Crippen LogP contribution in [-0.2, 0) is 4.79 Å². The van der Waals surface area contributed by atoms with Crippen LogP contribution in [0.1, 0.15) is 36.0 Å². The Kier molecular flexibility index (Phi) is 4.94. The molecule has 2 amide bonds. The number of carbonyl (C=O) groups is 2. The third kappa shape index (κ3) is 3.34. The lowest BCUT2D eigenvalue weighted by atomic mass is 10.1. The van der Waals surface area contributed by atoms with Gasteiger partial charge in [0.2, 0.25) is 5.91 Å². The van der Waals surface area contributed by atoms with E-state index in [9.17, 15) is 9.59 Å². The lowest BCUT2D eigenvalue weighted by Crippen LogP contribution is -2.51. The van der Waals surface area contributed by atoms with Gasteiger partial charge in [0.25, 0.3) is 5.91 Å². The first-order valence-corrected chi connectivity index (χ1v) is 9.68. The third-order valence-electron chi connectivity index (χ3n) is 5.43. The lowest BCUT2D eigenvalue weighted by Gasteiger charge is -2.36. The highest BCUT2D eigenvalue weighted by Crippen LogP contribution is 2.38. The maximum atomic E-state index is 12.8. The number of benzene rings is 1. The molecule has 0 N–H and O–H groups in total. The van der Waals surface area contributed by atoms with Crippen molar-refractivity contribution in [1.29, 1.82) is 0 Å². The molecule has 1 aromatic rings. The van der Waals surface area contributed by atoms with Crippen LogP contribution < -0.4 is 9.47 Å². The fourth-order valence-corrected chi connectivity index (χ4v) is 4.24. The van der Waals surface area contributed by atoms with E-state index in [1.54, 1.807) is 17.0 Å². The smallest absolute Gasteiger partial charge is 0.254 e. The molecule has 4 rings (SSSR count). The van der Waals surface area contributed by atoms with Crippen LogP contribution in [0, 0.1) is 5.92 Å². The zero-order valence-corrected chi connectivity index (χ0v) is 15.5. The molecule has 1 saturated carbocycles. The molecular formula is C19H23ClN2O4. The number of ether oxygens (including phenoxy) is 2. The molecule has 6 nitrogen and oxygen atoms in total. The summed E-state index contributed by atoms with van der Waals surface area (Å²) >= 11 is 6.24. The summed E-state index contributed by atoms with van der Waals surface area (Å²) < 4.78 is 11.1. The monoisotopic (exact) mass is 378 g/mol. The maximum absolute atomic E-state index is 12.8. The topological polar surface area (TPSA) is 59.1 Å². The van der Waals surface area contributed by atoms with Gasteiger partial charge in [0.05, 0.1) is 5.02 Å². The number of hydrogen-bond acceptors (Lipinski definition) is 4. The van der Waals surface area contributed by atoms with Crippen molar-refractivity contribution in [3.8, 4) is 11.5 Å². The van der Waals surface area contributed by atoms with Gasteiger partial charge in [0, 0.05) is 37.7 Å². The van der Waals surface area contributed by atoms with Gasteiger partial charge in [0.15, 0.2) is 11.5 Å². The normalized spacial score (nSPS) is 20.3. The molecule has 0 bridgehead atoms. The van der Waals surface area contributed by atoms with Crippen molar-refractivity contribution in [2.45, 2.75) is 25.7 Å². The predicted octanol–water partition coefficient (Wildman–Crippen LogP) is 2.59. The van der Waals surface area contributed by atoms with Crippen molar-refractivity contribution in [2.75, 3.05) is 39.4 Å². The number of fused-ring (bicyclic) bond motifs is 1. The Balaban J connectivity index is 1.40. The summed E-state index contributed by atoms with van der Waals surface area (Å²) in [5, 5.41) is 0.389. The van der Waals surface area contributed by atoms with Gasteiger partial charge in [-0.3, -0.25) is 9.59 Å². The molecule has 0 unspecified atom stereocenters. The van der Waals surface area contributed by atoms with Crippen LogP contribution in [0.2, 0.25) is 5.02 Å². The van der Waals surface area contributed by atoms with E-state index in [4.69, 9.17) is 21.1 Å². The first-order valence-electron chi connectivity index (χ1n) is 9.30. The quantitative estimate of drug-likeness (QED) is 0.793. The molecular weight excluding hydrogens is 356 g/mol. The number of amides is 2. The van der Waals surface area contributed by atoms with Crippen LogP contribution in [0.25, 0.3) is 0 Å². The summed E-state index contributed by atoms with van der Waals surface area (Å²) in [6.45, 7) is 3.19. The fourth-order valence-electron chi connectivity index (χ4n) is 3.98. The number of nitrogens with zero attached hydrogens (tertiary/aromatic N) is 2. The largest absolute Gasteiger partial charge is 0.486 e. The van der Waals surface area contributed by atoms with Crippen LogP contribution in [0.5, 0.6) is 11.5 Å². The molecule has 3 aliphatic rings. The van der Waals surface area contributed by atoms with Crippen molar-refractivity contribution >= 4 is 23.4 Å². The molecule has 2 heterocycles. The molecule has 1 aromatic carbocycles. The molecule has 26 heavy (non-hydrogen) atoms. The number of hydrogen-bond donors (Lipinski definition) is 0. The minimum atomic E-state index is -0.0863. The van der Waals surface area contributed by atoms with Gasteiger partial charge >= 0.3 is 0 Å². The Morgan fingerprint density at radius 3 is 2.35 bits per heavy atom. The molecule has 1 saturated heterocycles. The second-order valence-corrected chi connectivity index (χ2v) is 7.49. The zero-order valence-electron chi connectivity index (χ0n) is 14.7. The molecule has 0 atom stereocenters. The van der Waals surface area contributed by atoms with Crippen LogP contribution >= 0.6 is 11.6 Å². The van der Waals surface area contributed by atoms with E-state index in [0.29, 0.717) is 61.5 Å². The Morgan fingerprint density at radius 1 is 0.962 bits per heavy atom. The molecule has 7 heteroatoms. The first kappa shape index (κ1) is 17.5. The summed E-state index contributed by atoms with van der Waals surface area (Å²) in [6.07, 6.45) is 4.32. The highest BCUT2D eigenvalue weighted by Gasteiger charge is 2.31. The Hall–Kier alpha value is -1.95. The average molecular weight is 379 g/mol. The van der Waals surface area contributed by atoms with Crippen LogP contribution in [0.4, 0.5) is 0 Å². The SMILES string of the molecule is O=C(c1cc(Cl)c2c(c1)OCCO2)N1CCN(C(=O)C2CCCC2)CC1. The second kappa shape index (κ2) is 7.35. The highest BCUT2D eigenvalue weighted by atomic mass is 35.5. The number of halogens is 1. The number of rotatable bonds is 2. The van der Waals surface area contributed by atoms with E-state index in [-0.39, 0.29) is 17.7 Å². The van der Waals surface area contributed by atoms with Crippen molar-refractivity contribution in [2.24, 2.45) is 5.92 Å². The summed E-state index contributed by atoms with van der Waals surface area (Å²) in [5.74, 6) is 1.38. The standard InChI is InChI=1S/C19H23ClN2O4/c20-15-11-14(12-16-17(15)26-10-9-25-16)19(24)22-7-5-21(6-8-22)18(23)13-3-1-2-4-13/h11-13H,1-10H2. The predicted molar refractivity (Wildman–Crippen MR) is 96.9 cm³/mol. The summed E-state index contributed by atoms with van der Waals surface area (Å²) in [7, 11) is 0. The van der Waals surface area contributed by atoms with Crippen molar-refractivity contribution < 1.29 is 19.1 Å². The number of carbonyl (C=O) groups excluding carboxylic acids is 2. The average Bonchev–Trinajstić information content (AvgIpc) is 3.22. The minimum absolute atomic E-state index is 0.0863. The van der Waals surface area contributed by atoms with Gasteiger partial charge in [-0.1, -0.05) is 24.4 Å². The Morgan fingerprint density at radius 2 is 1.62 bits per heavy atom. The van der Waals surface area contributed by atoms with E-state index in [1.165, 1.54) is 0 Å². The first-order chi connectivity index (χ1) is 12.6.